The van der Waals surface area contributed by atoms with Crippen LogP contribution in [0.15, 0.2) is 24.3 Å². The van der Waals surface area contributed by atoms with Gasteiger partial charge in [0.15, 0.2) is 0 Å². The smallest absolute Gasteiger partial charge is 0.252 e. The molecule has 1 N–H and O–H groups in total. The van der Waals surface area contributed by atoms with Crippen molar-refractivity contribution in [3.63, 3.8) is 0 Å². The van der Waals surface area contributed by atoms with Crippen molar-refractivity contribution < 1.29 is 9.59 Å². The second-order valence-electron chi connectivity index (χ2n) is 5.94. The lowest BCUT2D eigenvalue weighted by atomic mass is 10.0. The number of anilines is 1. The molecule has 114 valence electrons. The number of likely N-dealkylation sites (tertiary alicyclic amines) is 1. The van der Waals surface area contributed by atoms with Gasteiger partial charge in [-0.2, -0.15) is 0 Å². The minimum Gasteiger partial charge on any atom is -0.378 e. The molecule has 0 radical (unpaired) electrons. The minimum absolute atomic E-state index is 0.108. The van der Waals surface area contributed by atoms with Crippen LogP contribution in [-0.2, 0) is 4.79 Å². The third kappa shape index (κ3) is 3.35. The molecule has 1 unspecified atom stereocenters. The molecule has 5 heteroatoms. The third-order valence-corrected chi connectivity index (χ3v) is 3.78. The van der Waals surface area contributed by atoms with Crippen LogP contribution in [0.25, 0.3) is 0 Å². The summed E-state index contributed by atoms with van der Waals surface area (Å²) in [5.74, 6) is 0.148. The normalized spacial score (nSPS) is 15.7. The van der Waals surface area contributed by atoms with Gasteiger partial charge in [0, 0.05) is 38.3 Å². The van der Waals surface area contributed by atoms with Gasteiger partial charge in [0.05, 0.1) is 0 Å². The van der Waals surface area contributed by atoms with E-state index in [1.807, 2.05) is 45.0 Å². The maximum Gasteiger partial charge on any atom is 0.252 e. The van der Waals surface area contributed by atoms with Crippen molar-refractivity contribution in [3.8, 4) is 0 Å². The molecule has 1 atom stereocenters. The first-order chi connectivity index (χ1) is 9.90. The van der Waals surface area contributed by atoms with E-state index in [1.54, 1.807) is 17.0 Å². The molecule has 0 aromatic heterocycles. The van der Waals surface area contributed by atoms with Gasteiger partial charge in [0.2, 0.25) is 5.91 Å². The molecule has 1 heterocycles. The van der Waals surface area contributed by atoms with Gasteiger partial charge >= 0.3 is 0 Å². The van der Waals surface area contributed by atoms with Crippen molar-refractivity contribution >= 4 is 17.5 Å². The number of amides is 2. The van der Waals surface area contributed by atoms with Crippen LogP contribution in [0.3, 0.4) is 0 Å². The molecule has 0 bridgehead atoms. The lowest BCUT2D eigenvalue weighted by Crippen LogP contribution is -2.59. The average Bonchev–Trinajstić information content (AvgIpc) is 2.44. The van der Waals surface area contributed by atoms with Crippen LogP contribution in [0.2, 0.25) is 0 Å². The lowest BCUT2D eigenvalue weighted by Gasteiger charge is -2.40. The van der Waals surface area contributed by atoms with E-state index in [0.29, 0.717) is 12.0 Å². The summed E-state index contributed by atoms with van der Waals surface area (Å²) < 4.78 is 0. The highest BCUT2D eigenvalue weighted by Crippen LogP contribution is 2.18. The summed E-state index contributed by atoms with van der Waals surface area (Å²) in [7, 11) is 3.92. The molecule has 1 fully saturated rings. The Morgan fingerprint density at radius 2 is 1.86 bits per heavy atom. The monoisotopic (exact) mass is 289 g/mol. The number of carbonyl (C=O) groups is 2. The first-order valence-electron chi connectivity index (χ1n) is 7.28. The molecule has 1 aliphatic heterocycles. The Bertz CT molecular complexity index is 523. The molecular formula is C16H23N3O2. The average molecular weight is 289 g/mol. The van der Waals surface area contributed by atoms with Crippen molar-refractivity contribution in [2.75, 3.05) is 25.5 Å². The SMILES string of the molecule is CC(C)C(NC(=O)c1ccc(N(C)C)cc1)N1CCC1=O. The molecular weight excluding hydrogens is 266 g/mol. The summed E-state index contributed by atoms with van der Waals surface area (Å²) in [6, 6.07) is 7.43. The number of nitrogens with zero attached hydrogens (tertiary/aromatic N) is 2. The molecule has 1 aromatic rings. The number of rotatable bonds is 5. The van der Waals surface area contributed by atoms with Gasteiger partial charge in [-0.25, -0.2) is 0 Å². The molecule has 21 heavy (non-hydrogen) atoms. The van der Waals surface area contributed by atoms with E-state index in [1.165, 1.54) is 0 Å². The second-order valence-corrected chi connectivity index (χ2v) is 5.94. The maximum atomic E-state index is 12.3. The fourth-order valence-electron chi connectivity index (χ4n) is 2.36. The molecule has 0 spiro atoms. The summed E-state index contributed by atoms with van der Waals surface area (Å²) in [6.45, 7) is 4.74. The molecule has 5 nitrogen and oxygen atoms in total. The quantitative estimate of drug-likeness (QED) is 0.839. The molecule has 1 aliphatic rings. The maximum absolute atomic E-state index is 12.3. The van der Waals surface area contributed by atoms with Crippen molar-refractivity contribution in [2.24, 2.45) is 5.92 Å². The Morgan fingerprint density at radius 1 is 1.24 bits per heavy atom. The molecule has 0 saturated carbocycles. The van der Waals surface area contributed by atoms with Gasteiger partial charge in [0.1, 0.15) is 6.17 Å². The molecule has 0 aliphatic carbocycles. The molecule has 1 aromatic carbocycles. The van der Waals surface area contributed by atoms with Crippen LogP contribution in [0.4, 0.5) is 5.69 Å². The Labute approximate surface area is 125 Å². The van der Waals surface area contributed by atoms with Crippen LogP contribution < -0.4 is 10.2 Å². The predicted octanol–water partition coefficient (Wildman–Crippen LogP) is 1.70. The van der Waals surface area contributed by atoms with E-state index in [-0.39, 0.29) is 23.9 Å². The number of nitrogens with one attached hydrogen (secondary N) is 1. The van der Waals surface area contributed by atoms with E-state index in [2.05, 4.69) is 5.32 Å². The minimum atomic E-state index is -0.229. The first-order valence-corrected chi connectivity index (χ1v) is 7.28. The summed E-state index contributed by atoms with van der Waals surface area (Å²) in [4.78, 5) is 27.6. The molecule has 2 amide bonds. The van der Waals surface area contributed by atoms with Gasteiger partial charge in [-0.1, -0.05) is 13.8 Å². The highest BCUT2D eigenvalue weighted by Gasteiger charge is 2.33. The fraction of sp³-hybridized carbons (Fsp3) is 0.500. The fourth-order valence-corrected chi connectivity index (χ4v) is 2.36. The van der Waals surface area contributed by atoms with Crippen LogP contribution in [0.5, 0.6) is 0 Å². The van der Waals surface area contributed by atoms with Crippen LogP contribution in [0, 0.1) is 5.92 Å². The van der Waals surface area contributed by atoms with Crippen molar-refractivity contribution in [1.29, 1.82) is 0 Å². The molecule has 1 saturated heterocycles. The van der Waals surface area contributed by atoms with Gasteiger partial charge in [0.25, 0.3) is 5.91 Å². The van der Waals surface area contributed by atoms with Crippen LogP contribution in [-0.4, -0.2) is 43.5 Å². The number of β-lactam (4-membered cyclic amide) rings is 1. The first kappa shape index (κ1) is 15.4. The zero-order chi connectivity index (χ0) is 15.6. The zero-order valence-corrected chi connectivity index (χ0v) is 13.1. The lowest BCUT2D eigenvalue weighted by molar-refractivity contribution is -0.144. The van der Waals surface area contributed by atoms with E-state index in [4.69, 9.17) is 0 Å². The van der Waals surface area contributed by atoms with Gasteiger partial charge in [-0.3, -0.25) is 9.59 Å². The van der Waals surface area contributed by atoms with Crippen molar-refractivity contribution in [3.05, 3.63) is 29.8 Å². The summed E-state index contributed by atoms with van der Waals surface area (Å²) in [5.41, 5.74) is 1.66. The summed E-state index contributed by atoms with van der Waals surface area (Å²) in [6.07, 6.45) is 0.351. The largest absolute Gasteiger partial charge is 0.378 e. The predicted molar refractivity (Wildman–Crippen MR) is 83.2 cm³/mol. The van der Waals surface area contributed by atoms with Crippen molar-refractivity contribution in [2.45, 2.75) is 26.4 Å². The second kappa shape index (κ2) is 6.16. The van der Waals surface area contributed by atoms with Crippen molar-refractivity contribution in [1.82, 2.24) is 10.2 Å². The highest BCUT2D eigenvalue weighted by atomic mass is 16.2. The van der Waals surface area contributed by atoms with E-state index in [0.717, 1.165) is 12.2 Å². The van der Waals surface area contributed by atoms with Gasteiger partial charge in [-0.05, 0) is 30.2 Å². The van der Waals surface area contributed by atoms with E-state index in [9.17, 15) is 9.59 Å². The number of carbonyl (C=O) groups excluding carboxylic acids is 2. The standard InChI is InChI=1S/C16H23N3O2/c1-11(2)15(19-10-9-14(19)20)17-16(21)12-5-7-13(8-6-12)18(3)4/h5-8,11,15H,9-10H2,1-4H3,(H,17,21). The topological polar surface area (TPSA) is 52.7 Å². The Kier molecular flexibility index (Phi) is 4.50. The van der Waals surface area contributed by atoms with E-state index >= 15 is 0 Å². The summed E-state index contributed by atoms with van der Waals surface area (Å²) in [5, 5.41) is 2.97. The Balaban J connectivity index is 2.06. The Morgan fingerprint density at radius 3 is 2.24 bits per heavy atom. The molecule has 2 rings (SSSR count). The van der Waals surface area contributed by atoms with Crippen LogP contribution >= 0.6 is 0 Å². The highest BCUT2D eigenvalue weighted by molar-refractivity contribution is 5.95. The van der Waals surface area contributed by atoms with E-state index < -0.39 is 0 Å². The van der Waals surface area contributed by atoms with Gasteiger partial charge in [-0.15, -0.1) is 0 Å². The van der Waals surface area contributed by atoms with Crippen LogP contribution in [0.1, 0.15) is 30.6 Å². The number of benzene rings is 1. The zero-order valence-electron chi connectivity index (χ0n) is 13.1. The number of hydrogen-bond acceptors (Lipinski definition) is 3. The van der Waals surface area contributed by atoms with Gasteiger partial charge < -0.3 is 15.1 Å². The summed E-state index contributed by atoms with van der Waals surface area (Å²) >= 11 is 0. The third-order valence-electron chi connectivity index (χ3n) is 3.78. The number of hydrogen-bond donors (Lipinski definition) is 1. The Hall–Kier alpha value is -2.04.